The lowest BCUT2D eigenvalue weighted by Gasteiger charge is -2.30. The molecule has 0 radical (unpaired) electrons. The van der Waals surface area contributed by atoms with Gasteiger partial charge in [-0.25, -0.2) is 15.0 Å². The Hall–Kier alpha value is -2.45. The minimum atomic E-state index is -4.15. The van der Waals surface area contributed by atoms with Crippen molar-refractivity contribution in [2.45, 2.75) is 37.9 Å². The van der Waals surface area contributed by atoms with Crippen molar-refractivity contribution in [3.8, 4) is 5.95 Å². The van der Waals surface area contributed by atoms with Crippen molar-refractivity contribution in [3.05, 3.63) is 36.7 Å². The third kappa shape index (κ3) is 3.72. The molecule has 2 aromatic rings. The first-order chi connectivity index (χ1) is 11.4. The van der Waals surface area contributed by atoms with Gasteiger partial charge in [-0.15, -0.1) is 0 Å². The van der Waals surface area contributed by atoms with E-state index < -0.39 is 18.0 Å². The molecule has 6 nitrogen and oxygen atoms in total. The molecule has 1 aliphatic rings. The summed E-state index contributed by atoms with van der Waals surface area (Å²) in [5, 5.41) is 2.76. The van der Waals surface area contributed by atoms with Gasteiger partial charge in [0.25, 0.3) is 5.91 Å². The van der Waals surface area contributed by atoms with Crippen LogP contribution in [0.5, 0.6) is 0 Å². The number of hydrogen-bond donors (Lipinski definition) is 1. The lowest BCUT2D eigenvalue weighted by atomic mass is 9.85. The molecule has 0 spiro atoms. The number of amides is 1. The quantitative estimate of drug-likeness (QED) is 0.933. The van der Waals surface area contributed by atoms with Crippen molar-refractivity contribution >= 4 is 5.91 Å². The lowest BCUT2D eigenvalue weighted by molar-refractivity contribution is -0.182. The summed E-state index contributed by atoms with van der Waals surface area (Å²) in [7, 11) is 0. The van der Waals surface area contributed by atoms with Crippen LogP contribution in [0.15, 0.2) is 31.0 Å². The van der Waals surface area contributed by atoms with Crippen LogP contribution in [0.2, 0.25) is 0 Å². The molecule has 1 aliphatic carbocycles. The highest BCUT2D eigenvalue weighted by atomic mass is 19.4. The van der Waals surface area contributed by atoms with Crippen LogP contribution in [-0.4, -0.2) is 37.6 Å². The zero-order valence-electron chi connectivity index (χ0n) is 12.7. The number of nitrogens with zero attached hydrogens (tertiary/aromatic N) is 4. The largest absolute Gasteiger partial charge is 0.391 e. The Bertz CT molecular complexity index is 693. The maximum Gasteiger partial charge on any atom is 0.391 e. The molecule has 0 aliphatic heterocycles. The standard InChI is InChI=1S/C15H16F3N5O/c16-15(17,18)10-1-3-11(4-2-10)21-13(24)12-5-6-20-14(22-12)23-8-7-19-9-23/h5-11H,1-4H2,(H,21,24). The Balaban J connectivity index is 1.61. The van der Waals surface area contributed by atoms with E-state index in [9.17, 15) is 18.0 Å². The first kappa shape index (κ1) is 16.4. The SMILES string of the molecule is O=C(NC1CCC(C(F)(F)F)CC1)c1ccnc(-n2ccnc2)n1. The van der Waals surface area contributed by atoms with Gasteiger partial charge in [-0.3, -0.25) is 9.36 Å². The monoisotopic (exact) mass is 339 g/mol. The third-order valence-corrected chi connectivity index (χ3v) is 4.14. The number of imidazole rings is 1. The third-order valence-electron chi connectivity index (χ3n) is 4.14. The van der Waals surface area contributed by atoms with E-state index in [0.717, 1.165) is 0 Å². The summed E-state index contributed by atoms with van der Waals surface area (Å²) in [5.74, 6) is -1.37. The first-order valence-corrected chi connectivity index (χ1v) is 7.62. The van der Waals surface area contributed by atoms with Crippen molar-refractivity contribution in [2.75, 3.05) is 0 Å². The van der Waals surface area contributed by atoms with Gasteiger partial charge in [-0.1, -0.05) is 0 Å². The Labute approximate surface area is 136 Å². The minimum absolute atomic E-state index is 0.0402. The number of carbonyl (C=O) groups is 1. The van der Waals surface area contributed by atoms with E-state index in [0.29, 0.717) is 18.8 Å². The van der Waals surface area contributed by atoms with Gasteiger partial charge in [0.2, 0.25) is 5.95 Å². The molecule has 9 heteroatoms. The molecule has 128 valence electrons. The number of alkyl halides is 3. The van der Waals surface area contributed by atoms with Crippen molar-refractivity contribution in [3.63, 3.8) is 0 Å². The average molecular weight is 339 g/mol. The van der Waals surface area contributed by atoms with Crippen LogP contribution < -0.4 is 5.32 Å². The summed E-state index contributed by atoms with van der Waals surface area (Å²) in [6.45, 7) is 0. The van der Waals surface area contributed by atoms with Gasteiger partial charge < -0.3 is 5.32 Å². The van der Waals surface area contributed by atoms with Crippen molar-refractivity contribution in [1.29, 1.82) is 0 Å². The van der Waals surface area contributed by atoms with E-state index in [4.69, 9.17) is 0 Å². The fraction of sp³-hybridized carbons (Fsp3) is 0.467. The summed E-state index contributed by atoms with van der Waals surface area (Å²) < 4.78 is 39.6. The predicted molar refractivity (Wildman–Crippen MR) is 78.4 cm³/mol. The molecule has 0 saturated heterocycles. The summed E-state index contributed by atoms with van der Waals surface area (Å²) >= 11 is 0. The van der Waals surface area contributed by atoms with Crippen LogP contribution in [0.1, 0.15) is 36.2 Å². The maximum atomic E-state index is 12.7. The number of rotatable bonds is 3. The van der Waals surface area contributed by atoms with E-state index in [1.807, 2.05) is 0 Å². The number of carbonyl (C=O) groups excluding carboxylic acids is 1. The number of nitrogens with one attached hydrogen (secondary N) is 1. The normalized spacial score (nSPS) is 21.5. The zero-order chi connectivity index (χ0) is 17.2. The molecule has 3 rings (SSSR count). The van der Waals surface area contributed by atoms with E-state index in [2.05, 4.69) is 20.3 Å². The van der Waals surface area contributed by atoms with E-state index >= 15 is 0 Å². The second kappa shape index (κ2) is 6.58. The van der Waals surface area contributed by atoms with E-state index in [-0.39, 0.29) is 24.6 Å². The van der Waals surface area contributed by atoms with E-state index in [1.54, 1.807) is 17.0 Å². The number of halogens is 3. The fourth-order valence-electron chi connectivity index (χ4n) is 2.80. The van der Waals surface area contributed by atoms with Crippen molar-refractivity contribution in [1.82, 2.24) is 24.8 Å². The van der Waals surface area contributed by atoms with E-state index in [1.165, 1.54) is 18.6 Å². The van der Waals surface area contributed by atoms with Crippen molar-refractivity contribution < 1.29 is 18.0 Å². The Morgan fingerprint density at radius 2 is 1.96 bits per heavy atom. The minimum Gasteiger partial charge on any atom is -0.348 e. The predicted octanol–water partition coefficient (Wildman–Crippen LogP) is 2.51. The molecule has 0 unspecified atom stereocenters. The first-order valence-electron chi connectivity index (χ1n) is 7.62. The molecule has 1 fully saturated rings. The van der Waals surface area contributed by atoms with Gasteiger partial charge in [0.15, 0.2) is 0 Å². The Kier molecular flexibility index (Phi) is 4.50. The Morgan fingerprint density at radius 3 is 2.58 bits per heavy atom. The average Bonchev–Trinajstić information content (AvgIpc) is 3.09. The summed E-state index contributed by atoms with van der Waals surface area (Å²) in [4.78, 5) is 24.4. The molecule has 1 saturated carbocycles. The van der Waals surface area contributed by atoms with Crippen LogP contribution in [0.3, 0.4) is 0 Å². The van der Waals surface area contributed by atoms with Crippen LogP contribution in [0, 0.1) is 5.92 Å². The summed E-state index contributed by atoms with van der Waals surface area (Å²) in [6, 6.07) is 1.21. The smallest absolute Gasteiger partial charge is 0.348 e. The second-order valence-electron chi connectivity index (χ2n) is 5.78. The fourth-order valence-corrected chi connectivity index (χ4v) is 2.80. The van der Waals surface area contributed by atoms with Gasteiger partial charge in [-0.2, -0.15) is 13.2 Å². The van der Waals surface area contributed by atoms with Crippen LogP contribution >= 0.6 is 0 Å². The molecule has 1 amide bonds. The molecule has 2 aromatic heterocycles. The highest BCUT2D eigenvalue weighted by Crippen LogP contribution is 2.37. The van der Waals surface area contributed by atoms with Crippen LogP contribution in [0.4, 0.5) is 13.2 Å². The molecular formula is C15H16F3N5O. The highest BCUT2D eigenvalue weighted by Gasteiger charge is 2.41. The van der Waals surface area contributed by atoms with Gasteiger partial charge in [0.1, 0.15) is 12.0 Å². The highest BCUT2D eigenvalue weighted by molar-refractivity contribution is 5.92. The topological polar surface area (TPSA) is 72.7 Å². The van der Waals surface area contributed by atoms with Gasteiger partial charge in [-0.05, 0) is 31.7 Å². The molecule has 2 heterocycles. The number of aromatic nitrogens is 4. The summed E-state index contributed by atoms with van der Waals surface area (Å²) in [6.07, 6.45) is 2.74. The van der Waals surface area contributed by atoms with Gasteiger partial charge >= 0.3 is 6.18 Å². The lowest BCUT2D eigenvalue weighted by Crippen LogP contribution is -2.40. The maximum absolute atomic E-state index is 12.7. The van der Waals surface area contributed by atoms with Crippen LogP contribution in [0.25, 0.3) is 5.95 Å². The van der Waals surface area contributed by atoms with Crippen molar-refractivity contribution in [2.24, 2.45) is 5.92 Å². The molecule has 0 atom stereocenters. The molecule has 24 heavy (non-hydrogen) atoms. The zero-order valence-corrected chi connectivity index (χ0v) is 12.7. The summed E-state index contributed by atoms with van der Waals surface area (Å²) in [5.41, 5.74) is 0.173. The molecule has 1 N–H and O–H groups in total. The molecule has 0 bridgehead atoms. The van der Waals surface area contributed by atoms with Gasteiger partial charge in [0.05, 0.1) is 5.92 Å². The Morgan fingerprint density at radius 1 is 1.21 bits per heavy atom. The van der Waals surface area contributed by atoms with Gasteiger partial charge in [0, 0.05) is 24.6 Å². The molecule has 0 aromatic carbocycles. The second-order valence-corrected chi connectivity index (χ2v) is 5.78. The molecular weight excluding hydrogens is 323 g/mol. The van der Waals surface area contributed by atoms with Crippen LogP contribution in [-0.2, 0) is 0 Å². The number of hydrogen-bond acceptors (Lipinski definition) is 4.